The van der Waals surface area contributed by atoms with Gasteiger partial charge in [0.2, 0.25) is 0 Å². The van der Waals surface area contributed by atoms with Gasteiger partial charge in [-0.05, 0) is 46.5 Å². The quantitative estimate of drug-likeness (QED) is 0.362. The van der Waals surface area contributed by atoms with E-state index in [9.17, 15) is 4.79 Å². The number of para-hydroxylation sites is 1. The number of hydrogen-bond donors (Lipinski definition) is 2. The van der Waals surface area contributed by atoms with E-state index in [4.69, 9.17) is 15.2 Å². The zero-order valence-corrected chi connectivity index (χ0v) is 18.9. The van der Waals surface area contributed by atoms with Crippen LogP contribution in [-0.2, 0) is 12.8 Å². The van der Waals surface area contributed by atoms with Crippen LogP contribution < -0.4 is 20.5 Å². The highest BCUT2D eigenvalue weighted by atomic mass is 32.1. The summed E-state index contributed by atoms with van der Waals surface area (Å²) in [6.45, 7) is 2.59. The number of rotatable bonds is 9. The first kappa shape index (κ1) is 21.6. The minimum Gasteiger partial charge on any atom is -0.493 e. The first-order valence-corrected chi connectivity index (χ1v) is 11.3. The van der Waals surface area contributed by atoms with Crippen LogP contribution >= 0.6 is 11.3 Å². The molecule has 0 bridgehead atoms. The summed E-state index contributed by atoms with van der Waals surface area (Å²) in [6.07, 6.45) is 3.14. The van der Waals surface area contributed by atoms with Gasteiger partial charge in [-0.15, -0.1) is 0 Å². The molecule has 2 aromatic carbocycles. The maximum Gasteiger partial charge on any atom is 0.252 e. The fourth-order valence-electron chi connectivity index (χ4n) is 3.59. The number of methoxy groups -OCH3 is 1. The summed E-state index contributed by atoms with van der Waals surface area (Å²) in [7, 11) is 1.60. The third kappa shape index (κ3) is 4.53. The molecule has 0 unspecified atom stereocenters. The SMILES string of the molecule is CCc1ccccc1Nc1c(C(N)=O)cnc2cc(OC)c(OCCc3ccsc3)cc12. The molecule has 0 atom stereocenters. The number of nitrogens with two attached hydrogens (primary N) is 1. The van der Waals surface area contributed by atoms with Gasteiger partial charge in [-0.2, -0.15) is 11.3 Å². The van der Waals surface area contributed by atoms with Gasteiger partial charge in [-0.3, -0.25) is 9.78 Å². The van der Waals surface area contributed by atoms with Crippen LogP contribution in [0.1, 0.15) is 28.4 Å². The number of anilines is 2. The number of ether oxygens (including phenoxy) is 2. The Morgan fingerprint density at radius 1 is 1.19 bits per heavy atom. The van der Waals surface area contributed by atoms with Gasteiger partial charge in [0, 0.05) is 29.8 Å². The fraction of sp³-hybridized carbons (Fsp3) is 0.200. The van der Waals surface area contributed by atoms with Crippen LogP contribution in [0.2, 0.25) is 0 Å². The van der Waals surface area contributed by atoms with Crippen molar-refractivity contribution in [2.75, 3.05) is 19.0 Å². The summed E-state index contributed by atoms with van der Waals surface area (Å²) in [5, 5.41) is 8.32. The number of hydrogen-bond acceptors (Lipinski definition) is 6. The van der Waals surface area contributed by atoms with Crippen LogP contribution in [0.3, 0.4) is 0 Å². The first-order chi connectivity index (χ1) is 15.6. The summed E-state index contributed by atoms with van der Waals surface area (Å²) in [4.78, 5) is 16.7. The van der Waals surface area contributed by atoms with Crippen LogP contribution in [0, 0.1) is 0 Å². The van der Waals surface area contributed by atoms with Crippen molar-refractivity contribution < 1.29 is 14.3 Å². The van der Waals surface area contributed by atoms with Crippen molar-refractivity contribution in [3.05, 3.63) is 76.1 Å². The lowest BCUT2D eigenvalue weighted by Gasteiger charge is -2.17. The molecule has 0 fully saturated rings. The van der Waals surface area contributed by atoms with Crippen molar-refractivity contribution >= 4 is 39.5 Å². The van der Waals surface area contributed by atoms with Gasteiger partial charge in [0.05, 0.1) is 30.5 Å². The molecule has 164 valence electrons. The summed E-state index contributed by atoms with van der Waals surface area (Å²) < 4.78 is 11.6. The number of benzene rings is 2. The second kappa shape index (κ2) is 9.70. The Morgan fingerprint density at radius 3 is 2.75 bits per heavy atom. The van der Waals surface area contributed by atoms with Crippen molar-refractivity contribution in [2.24, 2.45) is 5.73 Å². The second-order valence-electron chi connectivity index (χ2n) is 7.30. The second-order valence-corrected chi connectivity index (χ2v) is 8.08. The highest BCUT2D eigenvalue weighted by Crippen LogP contribution is 2.37. The van der Waals surface area contributed by atoms with E-state index in [0.717, 1.165) is 29.5 Å². The number of nitrogens with zero attached hydrogens (tertiary/aromatic N) is 1. The average Bonchev–Trinajstić information content (AvgIpc) is 3.32. The molecule has 3 N–H and O–H groups in total. The summed E-state index contributed by atoms with van der Waals surface area (Å²) >= 11 is 1.66. The van der Waals surface area contributed by atoms with Gasteiger partial charge >= 0.3 is 0 Å². The third-order valence-corrected chi connectivity index (χ3v) is 6.04. The number of amides is 1. The maximum atomic E-state index is 12.2. The average molecular weight is 448 g/mol. The van der Waals surface area contributed by atoms with Gasteiger partial charge in [0.15, 0.2) is 11.5 Å². The number of pyridine rings is 1. The van der Waals surface area contributed by atoms with Crippen molar-refractivity contribution in [3.8, 4) is 11.5 Å². The largest absolute Gasteiger partial charge is 0.493 e. The number of carbonyl (C=O) groups excluding carboxylic acids is 1. The van der Waals surface area contributed by atoms with Crippen molar-refractivity contribution in [1.29, 1.82) is 0 Å². The Morgan fingerprint density at radius 2 is 2.03 bits per heavy atom. The number of nitrogens with one attached hydrogen (secondary N) is 1. The summed E-state index contributed by atoms with van der Waals surface area (Å²) in [6, 6.07) is 13.7. The van der Waals surface area contributed by atoms with Crippen LogP contribution in [0.5, 0.6) is 11.5 Å². The zero-order chi connectivity index (χ0) is 22.5. The summed E-state index contributed by atoms with van der Waals surface area (Å²) in [5.41, 5.74) is 10.6. The minimum absolute atomic E-state index is 0.317. The number of primary amides is 1. The number of aryl methyl sites for hydroxylation is 1. The Kier molecular flexibility index (Phi) is 6.56. The van der Waals surface area contributed by atoms with E-state index in [-0.39, 0.29) is 0 Å². The molecular formula is C25H25N3O3S. The smallest absolute Gasteiger partial charge is 0.252 e. The Labute approximate surface area is 191 Å². The van der Waals surface area contributed by atoms with E-state index in [1.165, 1.54) is 11.8 Å². The molecule has 0 saturated heterocycles. The van der Waals surface area contributed by atoms with E-state index in [2.05, 4.69) is 40.1 Å². The molecule has 4 aromatic rings. The van der Waals surface area contributed by atoms with Crippen molar-refractivity contribution in [3.63, 3.8) is 0 Å². The predicted octanol–water partition coefficient (Wildman–Crippen LogP) is 5.33. The number of carbonyl (C=O) groups is 1. The van der Waals surface area contributed by atoms with Crippen LogP contribution in [0.4, 0.5) is 11.4 Å². The Bertz CT molecular complexity index is 1240. The Balaban J connectivity index is 1.77. The topological polar surface area (TPSA) is 86.5 Å². The molecule has 0 aliphatic rings. The lowest BCUT2D eigenvalue weighted by molar-refractivity contribution is 0.100. The lowest BCUT2D eigenvalue weighted by atomic mass is 10.1. The van der Waals surface area contributed by atoms with Gasteiger partial charge < -0.3 is 20.5 Å². The van der Waals surface area contributed by atoms with Gasteiger partial charge in [0.1, 0.15) is 0 Å². The van der Waals surface area contributed by atoms with Crippen molar-refractivity contribution in [2.45, 2.75) is 19.8 Å². The monoisotopic (exact) mass is 447 g/mol. The van der Waals surface area contributed by atoms with Gasteiger partial charge in [-0.1, -0.05) is 25.1 Å². The molecule has 7 heteroatoms. The van der Waals surface area contributed by atoms with E-state index in [0.29, 0.717) is 34.9 Å². The molecule has 6 nitrogen and oxygen atoms in total. The third-order valence-electron chi connectivity index (χ3n) is 5.31. The molecule has 32 heavy (non-hydrogen) atoms. The number of thiophene rings is 1. The predicted molar refractivity (Wildman–Crippen MR) is 129 cm³/mol. The van der Waals surface area contributed by atoms with E-state index >= 15 is 0 Å². The summed E-state index contributed by atoms with van der Waals surface area (Å²) in [5.74, 6) is 0.624. The van der Waals surface area contributed by atoms with Crippen molar-refractivity contribution in [1.82, 2.24) is 4.98 Å². The molecule has 0 spiro atoms. The first-order valence-electron chi connectivity index (χ1n) is 10.4. The maximum absolute atomic E-state index is 12.2. The highest BCUT2D eigenvalue weighted by molar-refractivity contribution is 7.07. The highest BCUT2D eigenvalue weighted by Gasteiger charge is 2.18. The van der Waals surface area contributed by atoms with E-state index in [1.807, 2.05) is 30.3 Å². The van der Waals surface area contributed by atoms with Crippen LogP contribution in [-0.4, -0.2) is 24.6 Å². The van der Waals surface area contributed by atoms with Crippen LogP contribution in [0.25, 0.3) is 10.9 Å². The molecule has 0 saturated carbocycles. The van der Waals surface area contributed by atoms with Gasteiger partial charge in [0.25, 0.3) is 5.91 Å². The fourth-order valence-corrected chi connectivity index (χ4v) is 4.30. The lowest BCUT2D eigenvalue weighted by Crippen LogP contribution is -2.14. The van der Waals surface area contributed by atoms with Gasteiger partial charge in [-0.25, -0.2) is 0 Å². The molecular weight excluding hydrogens is 422 g/mol. The molecule has 1 amide bonds. The number of fused-ring (bicyclic) bond motifs is 1. The molecule has 0 aliphatic heterocycles. The normalized spacial score (nSPS) is 10.8. The number of aromatic nitrogens is 1. The molecule has 2 aromatic heterocycles. The van der Waals surface area contributed by atoms with Crippen LogP contribution in [0.15, 0.2) is 59.4 Å². The van der Waals surface area contributed by atoms with E-state index < -0.39 is 5.91 Å². The molecule has 0 radical (unpaired) electrons. The molecule has 4 rings (SSSR count). The zero-order valence-electron chi connectivity index (χ0n) is 18.1. The minimum atomic E-state index is -0.549. The van der Waals surface area contributed by atoms with E-state index in [1.54, 1.807) is 18.4 Å². The molecule has 2 heterocycles. The molecule has 0 aliphatic carbocycles. The Hall–Kier alpha value is -3.58. The standard InChI is InChI=1S/C25H25N3O3S/c1-3-17-6-4-5-7-20(17)28-24-18-12-23(31-10-8-16-9-11-32-15-16)22(30-2)13-21(18)27-14-19(24)25(26)29/h4-7,9,11-15H,3,8,10H2,1-2H3,(H2,26,29)(H,27,28).